The Labute approximate surface area is 124 Å². The van der Waals surface area contributed by atoms with Crippen LogP contribution in [-0.4, -0.2) is 24.4 Å². The highest BCUT2D eigenvalue weighted by Crippen LogP contribution is 2.34. The summed E-state index contributed by atoms with van der Waals surface area (Å²) in [4.78, 5) is 12.4. The molecule has 2 aromatic rings. The van der Waals surface area contributed by atoms with Gasteiger partial charge < -0.3 is 18.8 Å². The second-order valence-electron chi connectivity index (χ2n) is 5.01. The number of aryl methyl sites for hydroxylation is 1. The lowest BCUT2D eigenvalue weighted by Gasteiger charge is -2.16. The molecule has 0 amide bonds. The summed E-state index contributed by atoms with van der Waals surface area (Å²) in [5, 5.41) is 0.826. The Hall–Kier alpha value is -2.17. The van der Waals surface area contributed by atoms with Gasteiger partial charge in [0, 0.05) is 18.5 Å². The fraction of sp³-hybridized carbons (Fsp3) is 0.438. The lowest BCUT2D eigenvalue weighted by Crippen LogP contribution is -2.20. The van der Waals surface area contributed by atoms with E-state index < -0.39 is 0 Å². The van der Waals surface area contributed by atoms with Crippen LogP contribution in [0.1, 0.15) is 20.8 Å². The van der Waals surface area contributed by atoms with E-state index in [0.717, 1.165) is 16.7 Å². The number of nitrogens with zero attached hydrogens (tertiary/aromatic N) is 1. The number of benzene rings is 1. The van der Waals surface area contributed by atoms with E-state index in [-0.39, 0.29) is 17.4 Å². The SMILES string of the molecule is CCOc1c(OC)c(=O)n(C)c2cc(OC(C)C)ccc12. The predicted octanol–water partition coefficient (Wildman–Crippen LogP) is 2.73. The Balaban J connectivity index is 2.74. The highest BCUT2D eigenvalue weighted by Gasteiger charge is 2.17. The van der Waals surface area contributed by atoms with Gasteiger partial charge in [0.2, 0.25) is 5.75 Å². The molecule has 1 aromatic carbocycles. The lowest BCUT2D eigenvalue weighted by molar-refractivity contribution is 0.242. The van der Waals surface area contributed by atoms with Crippen molar-refractivity contribution in [2.75, 3.05) is 13.7 Å². The summed E-state index contributed by atoms with van der Waals surface area (Å²) in [5.41, 5.74) is 0.526. The third-order valence-electron chi connectivity index (χ3n) is 3.14. The number of fused-ring (bicyclic) bond motifs is 1. The number of methoxy groups -OCH3 is 1. The number of rotatable bonds is 5. The van der Waals surface area contributed by atoms with E-state index in [0.29, 0.717) is 12.4 Å². The van der Waals surface area contributed by atoms with Crippen LogP contribution >= 0.6 is 0 Å². The standard InChI is InChI=1S/C16H21NO4/c1-6-20-14-12-8-7-11(21-10(2)3)9-13(12)17(4)16(18)15(14)19-5/h7-10H,6H2,1-5H3. The maximum atomic E-state index is 12.4. The normalized spacial score (nSPS) is 11.0. The number of aromatic nitrogens is 1. The molecule has 1 heterocycles. The molecule has 0 aliphatic carbocycles. The zero-order valence-electron chi connectivity index (χ0n) is 13.1. The molecule has 0 aliphatic heterocycles. The van der Waals surface area contributed by atoms with E-state index in [9.17, 15) is 4.79 Å². The topological polar surface area (TPSA) is 49.7 Å². The van der Waals surface area contributed by atoms with Crippen LogP contribution in [0, 0.1) is 0 Å². The maximum absolute atomic E-state index is 12.4. The van der Waals surface area contributed by atoms with E-state index in [2.05, 4.69) is 0 Å². The minimum Gasteiger partial charge on any atom is -0.491 e. The second-order valence-corrected chi connectivity index (χ2v) is 5.01. The molecule has 0 spiro atoms. The maximum Gasteiger partial charge on any atom is 0.297 e. The zero-order valence-corrected chi connectivity index (χ0v) is 13.1. The average Bonchev–Trinajstić information content (AvgIpc) is 2.44. The Bertz CT molecular complexity index is 703. The molecule has 21 heavy (non-hydrogen) atoms. The second kappa shape index (κ2) is 6.08. The van der Waals surface area contributed by atoms with Crippen LogP contribution < -0.4 is 19.8 Å². The number of hydrogen-bond donors (Lipinski definition) is 0. The first-order chi connectivity index (χ1) is 9.99. The molecule has 5 nitrogen and oxygen atoms in total. The van der Waals surface area contributed by atoms with Gasteiger partial charge in [-0.1, -0.05) is 0 Å². The van der Waals surface area contributed by atoms with Crippen molar-refractivity contribution in [2.45, 2.75) is 26.9 Å². The molecule has 5 heteroatoms. The zero-order chi connectivity index (χ0) is 15.6. The van der Waals surface area contributed by atoms with Crippen LogP contribution in [0.3, 0.4) is 0 Å². The van der Waals surface area contributed by atoms with Gasteiger partial charge in [0.25, 0.3) is 5.56 Å². The van der Waals surface area contributed by atoms with Crippen LogP contribution in [-0.2, 0) is 7.05 Å². The lowest BCUT2D eigenvalue weighted by atomic mass is 10.1. The van der Waals surface area contributed by atoms with Gasteiger partial charge in [0.15, 0.2) is 5.75 Å². The Kier molecular flexibility index (Phi) is 4.40. The molecule has 0 unspecified atom stereocenters. The molecular formula is C16H21NO4. The van der Waals surface area contributed by atoms with E-state index in [1.807, 2.05) is 39.0 Å². The summed E-state index contributed by atoms with van der Waals surface area (Å²) in [6.45, 7) is 6.26. The van der Waals surface area contributed by atoms with Crippen molar-refractivity contribution in [3.8, 4) is 17.2 Å². The van der Waals surface area contributed by atoms with Gasteiger partial charge in [-0.15, -0.1) is 0 Å². The first-order valence-corrected chi connectivity index (χ1v) is 6.99. The quantitative estimate of drug-likeness (QED) is 0.850. The smallest absolute Gasteiger partial charge is 0.297 e. The molecule has 0 N–H and O–H groups in total. The van der Waals surface area contributed by atoms with Gasteiger partial charge in [-0.25, -0.2) is 0 Å². The highest BCUT2D eigenvalue weighted by molar-refractivity contribution is 5.89. The molecule has 0 radical (unpaired) electrons. The Morgan fingerprint density at radius 3 is 2.52 bits per heavy atom. The molecule has 0 saturated carbocycles. The van der Waals surface area contributed by atoms with E-state index in [1.165, 1.54) is 7.11 Å². The minimum atomic E-state index is -0.227. The van der Waals surface area contributed by atoms with Crippen molar-refractivity contribution >= 4 is 10.9 Å². The highest BCUT2D eigenvalue weighted by atomic mass is 16.5. The monoisotopic (exact) mass is 291 g/mol. The molecule has 0 fully saturated rings. The van der Waals surface area contributed by atoms with Crippen molar-refractivity contribution < 1.29 is 14.2 Å². The van der Waals surface area contributed by atoms with E-state index in [4.69, 9.17) is 14.2 Å². The summed E-state index contributed by atoms with van der Waals surface area (Å²) in [7, 11) is 3.18. The fourth-order valence-electron chi connectivity index (χ4n) is 2.28. The van der Waals surface area contributed by atoms with Crippen molar-refractivity contribution in [1.82, 2.24) is 4.57 Å². The summed E-state index contributed by atoms with van der Waals surface area (Å²) < 4.78 is 18.1. The Morgan fingerprint density at radius 1 is 1.24 bits per heavy atom. The van der Waals surface area contributed by atoms with Crippen LogP contribution in [0.25, 0.3) is 10.9 Å². The summed E-state index contributed by atoms with van der Waals surface area (Å²) in [6.07, 6.45) is 0.0732. The first-order valence-electron chi connectivity index (χ1n) is 6.99. The summed E-state index contributed by atoms with van der Waals surface area (Å²) in [6, 6.07) is 5.60. The van der Waals surface area contributed by atoms with Crippen molar-refractivity contribution in [2.24, 2.45) is 7.05 Å². The van der Waals surface area contributed by atoms with Crippen molar-refractivity contribution in [3.63, 3.8) is 0 Å². The number of pyridine rings is 1. The molecule has 0 saturated heterocycles. The third kappa shape index (κ3) is 2.82. The largest absolute Gasteiger partial charge is 0.491 e. The van der Waals surface area contributed by atoms with Gasteiger partial charge in [-0.05, 0) is 32.9 Å². The number of hydrogen-bond acceptors (Lipinski definition) is 4. The van der Waals surface area contributed by atoms with E-state index in [1.54, 1.807) is 11.6 Å². The van der Waals surface area contributed by atoms with Crippen molar-refractivity contribution in [1.29, 1.82) is 0 Å². The molecule has 0 atom stereocenters. The summed E-state index contributed by atoms with van der Waals surface area (Å²) >= 11 is 0. The average molecular weight is 291 g/mol. The molecule has 114 valence electrons. The van der Waals surface area contributed by atoms with Gasteiger partial charge >= 0.3 is 0 Å². The molecule has 2 rings (SSSR count). The Morgan fingerprint density at radius 2 is 1.95 bits per heavy atom. The van der Waals surface area contributed by atoms with Gasteiger partial charge in [-0.2, -0.15) is 0 Å². The third-order valence-corrected chi connectivity index (χ3v) is 3.14. The van der Waals surface area contributed by atoms with Crippen molar-refractivity contribution in [3.05, 3.63) is 28.6 Å². The van der Waals surface area contributed by atoms with Crippen LogP contribution in [0.2, 0.25) is 0 Å². The first kappa shape index (κ1) is 15.2. The minimum absolute atomic E-state index is 0.0732. The summed E-state index contributed by atoms with van der Waals surface area (Å²) in [5.74, 6) is 1.43. The molecular weight excluding hydrogens is 270 g/mol. The van der Waals surface area contributed by atoms with Crippen LogP contribution in [0.4, 0.5) is 0 Å². The van der Waals surface area contributed by atoms with Gasteiger partial charge in [0.05, 0.1) is 25.3 Å². The predicted molar refractivity (Wildman–Crippen MR) is 82.7 cm³/mol. The number of ether oxygens (including phenoxy) is 3. The molecule has 0 aliphatic rings. The van der Waals surface area contributed by atoms with Gasteiger partial charge in [0.1, 0.15) is 5.75 Å². The van der Waals surface area contributed by atoms with E-state index >= 15 is 0 Å². The molecule has 1 aromatic heterocycles. The van der Waals surface area contributed by atoms with Crippen LogP contribution in [0.5, 0.6) is 17.2 Å². The van der Waals surface area contributed by atoms with Crippen LogP contribution in [0.15, 0.2) is 23.0 Å². The molecule has 0 bridgehead atoms. The van der Waals surface area contributed by atoms with Gasteiger partial charge in [-0.3, -0.25) is 4.79 Å². The fourth-order valence-corrected chi connectivity index (χ4v) is 2.28.